The van der Waals surface area contributed by atoms with E-state index in [1.807, 2.05) is 24.3 Å². The summed E-state index contributed by atoms with van der Waals surface area (Å²) in [7, 11) is 1.30. The number of aryl methyl sites for hydroxylation is 1. The van der Waals surface area contributed by atoms with Crippen LogP contribution in [0, 0.1) is 6.92 Å². The number of carbonyl (C=O) groups excluding carboxylic acids is 2. The lowest BCUT2D eigenvalue weighted by Gasteiger charge is -2.13. The number of esters is 2. The molecule has 4 heteroatoms. The van der Waals surface area contributed by atoms with Crippen molar-refractivity contribution >= 4 is 11.9 Å². The van der Waals surface area contributed by atoms with Crippen LogP contribution < -0.4 is 4.74 Å². The predicted molar refractivity (Wildman–Crippen MR) is 131 cm³/mol. The molecule has 0 fully saturated rings. The minimum absolute atomic E-state index is 0.279. The zero-order valence-electron chi connectivity index (χ0n) is 19.1. The minimum atomic E-state index is -0.536. The second-order valence-electron chi connectivity index (χ2n) is 7.83. The highest BCUT2D eigenvalue weighted by Gasteiger charge is 2.15. The lowest BCUT2D eigenvalue weighted by molar-refractivity contribution is 0.0600. The highest BCUT2D eigenvalue weighted by molar-refractivity contribution is 5.96. The van der Waals surface area contributed by atoms with Crippen LogP contribution in [0.3, 0.4) is 0 Å². The molecule has 0 saturated heterocycles. The van der Waals surface area contributed by atoms with E-state index in [0.717, 1.165) is 24.0 Å². The third-order valence-electron chi connectivity index (χ3n) is 5.40. The van der Waals surface area contributed by atoms with E-state index in [1.165, 1.54) is 29.9 Å². The van der Waals surface area contributed by atoms with Crippen molar-refractivity contribution in [3.63, 3.8) is 0 Å². The van der Waals surface area contributed by atoms with E-state index in [0.29, 0.717) is 17.7 Å². The molecule has 0 atom stereocenters. The van der Waals surface area contributed by atoms with Crippen LogP contribution in [0.15, 0.2) is 86.0 Å². The first-order chi connectivity index (χ1) is 15.9. The Labute approximate surface area is 195 Å². The monoisotopic (exact) mass is 440 g/mol. The molecule has 0 heterocycles. The van der Waals surface area contributed by atoms with Crippen molar-refractivity contribution in [3.05, 3.63) is 125 Å². The van der Waals surface area contributed by atoms with Gasteiger partial charge in [0.1, 0.15) is 5.75 Å². The summed E-state index contributed by atoms with van der Waals surface area (Å²) in [6.07, 6.45) is 5.87. The molecule has 33 heavy (non-hydrogen) atoms. The van der Waals surface area contributed by atoms with Gasteiger partial charge in [-0.15, -0.1) is 13.2 Å². The van der Waals surface area contributed by atoms with E-state index in [2.05, 4.69) is 38.3 Å². The Morgan fingerprint density at radius 1 is 0.818 bits per heavy atom. The molecule has 0 aliphatic heterocycles. The number of allylic oxidation sites excluding steroid dienone is 2. The molecule has 3 aromatic carbocycles. The molecule has 0 bridgehead atoms. The Morgan fingerprint density at radius 3 is 2.09 bits per heavy atom. The average Bonchev–Trinajstić information content (AvgIpc) is 2.82. The van der Waals surface area contributed by atoms with E-state index in [-0.39, 0.29) is 5.56 Å². The quantitative estimate of drug-likeness (QED) is 0.231. The Kier molecular flexibility index (Phi) is 7.98. The zero-order valence-corrected chi connectivity index (χ0v) is 19.1. The van der Waals surface area contributed by atoms with Crippen LogP contribution in [-0.4, -0.2) is 19.0 Å². The van der Waals surface area contributed by atoms with Crippen LogP contribution in [-0.2, 0) is 24.0 Å². The summed E-state index contributed by atoms with van der Waals surface area (Å²) in [6.45, 7) is 9.78. The topological polar surface area (TPSA) is 52.6 Å². The van der Waals surface area contributed by atoms with Gasteiger partial charge in [-0.25, -0.2) is 9.59 Å². The molecule has 4 nitrogen and oxygen atoms in total. The standard InChI is InChI=1S/C29H28O4/c1-5-8-23-17-21(13-12-20(23)3)16-22-14-15-27(24(18-22)9-6-2)33-29(31)26-11-7-10-25(19-26)28(30)32-4/h5-7,10-15,17-19H,1-2,8-9,16H2,3-4H3. The van der Waals surface area contributed by atoms with Gasteiger partial charge in [-0.2, -0.15) is 0 Å². The maximum Gasteiger partial charge on any atom is 0.343 e. The number of methoxy groups -OCH3 is 1. The number of hydrogen-bond acceptors (Lipinski definition) is 4. The molecule has 0 radical (unpaired) electrons. The Morgan fingerprint density at radius 2 is 1.42 bits per heavy atom. The van der Waals surface area contributed by atoms with Gasteiger partial charge in [-0.1, -0.05) is 48.6 Å². The van der Waals surface area contributed by atoms with Crippen LogP contribution >= 0.6 is 0 Å². The van der Waals surface area contributed by atoms with Gasteiger partial charge >= 0.3 is 11.9 Å². The van der Waals surface area contributed by atoms with Gasteiger partial charge in [-0.3, -0.25) is 0 Å². The van der Waals surface area contributed by atoms with Crippen LogP contribution in [0.4, 0.5) is 0 Å². The fourth-order valence-electron chi connectivity index (χ4n) is 3.65. The highest BCUT2D eigenvalue weighted by Crippen LogP contribution is 2.25. The number of ether oxygens (including phenoxy) is 2. The molecule has 0 aromatic heterocycles. The summed E-state index contributed by atoms with van der Waals surface area (Å²) in [6, 6.07) is 18.6. The fraction of sp³-hybridized carbons (Fsp3) is 0.172. The summed E-state index contributed by atoms with van der Waals surface area (Å²) < 4.78 is 10.4. The van der Waals surface area contributed by atoms with Crippen LogP contribution in [0.25, 0.3) is 0 Å². The number of rotatable bonds is 9. The normalized spacial score (nSPS) is 10.4. The smallest absolute Gasteiger partial charge is 0.343 e. The first-order valence-electron chi connectivity index (χ1n) is 10.8. The van der Waals surface area contributed by atoms with E-state index < -0.39 is 11.9 Å². The van der Waals surface area contributed by atoms with Gasteiger partial charge in [-0.05, 0) is 78.3 Å². The van der Waals surface area contributed by atoms with E-state index >= 15 is 0 Å². The van der Waals surface area contributed by atoms with Crippen molar-refractivity contribution in [1.29, 1.82) is 0 Å². The number of hydrogen-bond donors (Lipinski definition) is 0. The third-order valence-corrected chi connectivity index (χ3v) is 5.40. The molecule has 3 rings (SSSR count). The molecule has 0 aliphatic rings. The second-order valence-corrected chi connectivity index (χ2v) is 7.83. The summed E-state index contributed by atoms with van der Waals surface area (Å²) in [5.74, 6) is -0.566. The molecular formula is C29H28O4. The number of benzene rings is 3. The molecule has 0 spiro atoms. The predicted octanol–water partition coefficient (Wildman–Crippen LogP) is 6.05. The average molecular weight is 441 g/mol. The Hall–Kier alpha value is -3.92. The van der Waals surface area contributed by atoms with Gasteiger partial charge < -0.3 is 9.47 Å². The van der Waals surface area contributed by atoms with Crippen molar-refractivity contribution in [2.75, 3.05) is 7.11 Å². The van der Waals surface area contributed by atoms with Gasteiger partial charge in [0.15, 0.2) is 0 Å². The van der Waals surface area contributed by atoms with Crippen LogP contribution in [0.5, 0.6) is 5.75 Å². The van der Waals surface area contributed by atoms with Gasteiger partial charge in [0.2, 0.25) is 0 Å². The summed E-state index contributed by atoms with van der Waals surface area (Å²) in [5.41, 5.74) is 6.30. The largest absolute Gasteiger partial charge is 0.465 e. The first kappa shape index (κ1) is 23.7. The van der Waals surface area contributed by atoms with E-state index in [4.69, 9.17) is 9.47 Å². The van der Waals surface area contributed by atoms with Gasteiger partial charge in [0.25, 0.3) is 0 Å². The van der Waals surface area contributed by atoms with Gasteiger partial charge in [0, 0.05) is 0 Å². The molecule has 0 N–H and O–H groups in total. The van der Waals surface area contributed by atoms with Crippen molar-refractivity contribution in [2.45, 2.75) is 26.2 Å². The molecule has 0 unspecified atom stereocenters. The summed E-state index contributed by atoms with van der Waals surface area (Å²) in [4.78, 5) is 24.5. The van der Waals surface area contributed by atoms with Crippen molar-refractivity contribution < 1.29 is 19.1 Å². The zero-order chi connectivity index (χ0) is 23.8. The highest BCUT2D eigenvalue weighted by atomic mass is 16.5. The molecule has 0 amide bonds. The van der Waals surface area contributed by atoms with Crippen LogP contribution in [0.1, 0.15) is 48.5 Å². The Balaban J connectivity index is 1.82. The van der Waals surface area contributed by atoms with Crippen LogP contribution in [0.2, 0.25) is 0 Å². The molecule has 3 aromatic rings. The summed E-state index contributed by atoms with van der Waals surface area (Å²) >= 11 is 0. The second kappa shape index (κ2) is 11.1. The molecule has 0 aliphatic carbocycles. The van der Waals surface area contributed by atoms with Crippen molar-refractivity contribution in [2.24, 2.45) is 0 Å². The van der Waals surface area contributed by atoms with E-state index in [1.54, 1.807) is 24.3 Å². The Bertz CT molecular complexity index is 1190. The number of carbonyl (C=O) groups is 2. The van der Waals surface area contributed by atoms with Gasteiger partial charge in [0.05, 0.1) is 18.2 Å². The molecule has 168 valence electrons. The van der Waals surface area contributed by atoms with Crippen molar-refractivity contribution in [1.82, 2.24) is 0 Å². The van der Waals surface area contributed by atoms with Crippen molar-refractivity contribution in [3.8, 4) is 5.75 Å². The third kappa shape index (κ3) is 6.07. The SMILES string of the molecule is C=CCc1cc(Cc2ccc(OC(=O)c3cccc(C(=O)OC)c3)c(CC=C)c2)ccc1C. The van der Waals surface area contributed by atoms with E-state index in [9.17, 15) is 9.59 Å². The minimum Gasteiger partial charge on any atom is -0.465 e. The fourth-order valence-corrected chi connectivity index (χ4v) is 3.65. The molecular weight excluding hydrogens is 412 g/mol. The molecule has 0 saturated carbocycles. The maximum absolute atomic E-state index is 12.7. The lowest BCUT2D eigenvalue weighted by Crippen LogP contribution is -2.11. The maximum atomic E-state index is 12.7. The lowest BCUT2D eigenvalue weighted by atomic mass is 9.96. The first-order valence-corrected chi connectivity index (χ1v) is 10.8. The summed E-state index contributed by atoms with van der Waals surface area (Å²) in [5, 5.41) is 0.